The van der Waals surface area contributed by atoms with Crippen LogP contribution in [0.4, 0.5) is 0 Å². The second-order valence-electron chi connectivity index (χ2n) is 7.37. The summed E-state index contributed by atoms with van der Waals surface area (Å²) >= 11 is 1.12. The minimum Gasteiger partial charge on any atom is -0.366 e. The molecule has 0 bridgehead atoms. The van der Waals surface area contributed by atoms with E-state index in [1.807, 2.05) is 25.1 Å². The van der Waals surface area contributed by atoms with Crippen molar-refractivity contribution in [3.05, 3.63) is 34.9 Å². The highest BCUT2D eigenvalue weighted by atomic mass is 32.2. The van der Waals surface area contributed by atoms with Crippen molar-refractivity contribution in [1.29, 1.82) is 0 Å². The first-order chi connectivity index (χ1) is 13.0. The molecule has 2 rings (SSSR count). The van der Waals surface area contributed by atoms with Crippen LogP contribution >= 0.6 is 11.8 Å². The second kappa shape index (κ2) is 11.5. The van der Waals surface area contributed by atoms with Gasteiger partial charge in [-0.15, -0.1) is 0 Å². The monoisotopic (exact) mass is 392 g/mol. The van der Waals surface area contributed by atoms with E-state index in [1.165, 1.54) is 39.2 Å². The van der Waals surface area contributed by atoms with Gasteiger partial charge in [-0.1, -0.05) is 56.0 Å². The predicted octanol–water partition coefficient (Wildman–Crippen LogP) is 3.46. The Bertz CT molecular complexity index is 617. The Labute approximate surface area is 166 Å². The summed E-state index contributed by atoms with van der Waals surface area (Å²) in [6.45, 7) is 2.67. The molecule has 1 fully saturated rings. The van der Waals surface area contributed by atoms with Crippen molar-refractivity contribution in [3.63, 3.8) is 0 Å². The first-order valence-electron chi connectivity index (χ1n) is 9.80. The summed E-state index contributed by atoms with van der Waals surface area (Å²) in [6.07, 6.45) is 7.68. The molecule has 0 radical (unpaired) electrons. The summed E-state index contributed by atoms with van der Waals surface area (Å²) < 4.78 is 5.17. The highest BCUT2D eigenvalue weighted by Gasteiger charge is 2.20. The Kier molecular flexibility index (Phi) is 9.31. The Morgan fingerprint density at radius 3 is 2.78 bits per heavy atom. The number of ether oxygens (including phenoxy) is 1. The molecular formula is C21H32N2O3S. The second-order valence-corrected chi connectivity index (χ2v) is 8.44. The van der Waals surface area contributed by atoms with Crippen LogP contribution in [0.5, 0.6) is 0 Å². The Balaban J connectivity index is 1.96. The zero-order valence-electron chi connectivity index (χ0n) is 16.4. The third-order valence-electron chi connectivity index (χ3n) is 5.42. The average molecular weight is 393 g/mol. The first kappa shape index (κ1) is 21.9. The number of thioether (sulfide) groups is 1. The quantitative estimate of drug-likeness (QED) is 0.471. The number of rotatable bonds is 10. The van der Waals surface area contributed by atoms with Crippen LogP contribution in [0.3, 0.4) is 0 Å². The molecule has 1 aliphatic rings. The maximum atomic E-state index is 12.6. The van der Waals surface area contributed by atoms with Gasteiger partial charge in [0.05, 0.1) is 5.25 Å². The molecule has 3 N–H and O–H groups in total. The summed E-state index contributed by atoms with van der Waals surface area (Å²) in [4.78, 5) is 23.5. The lowest BCUT2D eigenvalue weighted by atomic mass is 9.87. The van der Waals surface area contributed by atoms with Crippen molar-refractivity contribution < 1.29 is 14.3 Å². The number of hydrogen-bond donors (Lipinski definition) is 2. The maximum absolute atomic E-state index is 12.6. The fourth-order valence-corrected chi connectivity index (χ4v) is 4.40. The predicted molar refractivity (Wildman–Crippen MR) is 112 cm³/mol. The first-order valence-corrected chi connectivity index (χ1v) is 10.7. The lowest BCUT2D eigenvalue weighted by molar-refractivity contribution is 0.0949. The van der Waals surface area contributed by atoms with Crippen LogP contribution in [0.2, 0.25) is 0 Å². The minimum atomic E-state index is -0.533. The van der Waals surface area contributed by atoms with Crippen molar-refractivity contribution in [2.75, 3.05) is 13.7 Å². The van der Waals surface area contributed by atoms with Crippen LogP contribution in [-0.4, -0.2) is 36.7 Å². The molecule has 0 heterocycles. The number of methoxy groups -OCH3 is 1. The molecule has 0 saturated heterocycles. The number of nitrogens with two attached hydrogens (primary N) is 1. The average Bonchev–Trinajstić information content (AvgIpc) is 2.69. The molecule has 0 aromatic heterocycles. The molecule has 1 amide bonds. The van der Waals surface area contributed by atoms with Crippen molar-refractivity contribution in [2.45, 2.75) is 63.3 Å². The van der Waals surface area contributed by atoms with Crippen molar-refractivity contribution in [1.82, 2.24) is 5.32 Å². The van der Waals surface area contributed by atoms with Gasteiger partial charge in [-0.3, -0.25) is 9.59 Å². The van der Waals surface area contributed by atoms with E-state index < -0.39 is 6.23 Å². The van der Waals surface area contributed by atoms with E-state index in [1.54, 1.807) is 0 Å². The van der Waals surface area contributed by atoms with E-state index in [-0.39, 0.29) is 11.2 Å². The van der Waals surface area contributed by atoms with Gasteiger partial charge in [-0.05, 0) is 42.9 Å². The largest absolute Gasteiger partial charge is 0.366 e. The van der Waals surface area contributed by atoms with Crippen LogP contribution in [0.15, 0.2) is 18.2 Å². The Hall–Kier alpha value is -1.37. The third-order valence-corrected chi connectivity index (χ3v) is 6.31. The van der Waals surface area contributed by atoms with Gasteiger partial charge < -0.3 is 15.8 Å². The molecule has 1 aromatic carbocycles. The summed E-state index contributed by atoms with van der Waals surface area (Å²) in [5, 5.41) is 2.89. The van der Waals surface area contributed by atoms with E-state index in [0.717, 1.165) is 47.4 Å². The van der Waals surface area contributed by atoms with Crippen LogP contribution in [-0.2, 0) is 16.0 Å². The van der Waals surface area contributed by atoms with E-state index in [9.17, 15) is 9.59 Å². The molecular weight excluding hydrogens is 360 g/mol. The molecule has 1 aliphatic carbocycles. The number of amides is 1. The van der Waals surface area contributed by atoms with Gasteiger partial charge >= 0.3 is 0 Å². The van der Waals surface area contributed by atoms with E-state index >= 15 is 0 Å². The lowest BCUT2D eigenvalue weighted by Gasteiger charge is -2.22. The maximum Gasteiger partial charge on any atom is 0.251 e. The van der Waals surface area contributed by atoms with Gasteiger partial charge in [0.25, 0.3) is 5.91 Å². The van der Waals surface area contributed by atoms with Crippen LogP contribution in [0, 0.1) is 12.8 Å². The van der Waals surface area contributed by atoms with Crippen LogP contribution in [0.25, 0.3) is 0 Å². The smallest absolute Gasteiger partial charge is 0.251 e. The molecule has 1 aromatic rings. The molecule has 6 heteroatoms. The number of aryl methyl sites for hydroxylation is 1. The van der Waals surface area contributed by atoms with E-state index in [0.29, 0.717) is 12.0 Å². The molecule has 5 nitrogen and oxygen atoms in total. The molecule has 2 atom stereocenters. The highest BCUT2D eigenvalue weighted by Crippen LogP contribution is 2.26. The molecule has 150 valence electrons. The Morgan fingerprint density at radius 2 is 2.11 bits per heavy atom. The van der Waals surface area contributed by atoms with Gasteiger partial charge in [-0.2, -0.15) is 0 Å². The summed E-state index contributed by atoms with van der Waals surface area (Å²) in [7, 11) is 1.53. The topological polar surface area (TPSA) is 81.4 Å². The fraction of sp³-hybridized carbons (Fsp3) is 0.619. The third kappa shape index (κ3) is 6.94. The van der Waals surface area contributed by atoms with Gasteiger partial charge in [0.2, 0.25) is 0 Å². The highest BCUT2D eigenvalue weighted by molar-refractivity contribution is 8.12. The normalized spacial score (nSPS) is 17.3. The minimum absolute atomic E-state index is 0.0270. The molecule has 0 aliphatic heterocycles. The van der Waals surface area contributed by atoms with E-state index in [4.69, 9.17) is 10.5 Å². The van der Waals surface area contributed by atoms with E-state index in [2.05, 4.69) is 5.32 Å². The summed E-state index contributed by atoms with van der Waals surface area (Å²) in [5.74, 6) is 0.726. The molecule has 27 heavy (non-hydrogen) atoms. The summed E-state index contributed by atoms with van der Waals surface area (Å²) in [6, 6.07) is 5.84. The van der Waals surface area contributed by atoms with Gasteiger partial charge in [0.15, 0.2) is 5.62 Å². The van der Waals surface area contributed by atoms with Crippen LogP contribution in [0.1, 0.15) is 60.0 Å². The van der Waals surface area contributed by atoms with Crippen molar-refractivity contribution >= 4 is 23.3 Å². The van der Waals surface area contributed by atoms with Gasteiger partial charge in [-0.25, -0.2) is 0 Å². The van der Waals surface area contributed by atoms with Crippen LogP contribution < -0.4 is 11.1 Å². The number of benzene rings is 1. The summed E-state index contributed by atoms with van der Waals surface area (Å²) in [5.41, 5.74) is 9.34. The van der Waals surface area contributed by atoms with Gasteiger partial charge in [0.1, 0.15) is 6.23 Å². The fourth-order valence-electron chi connectivity index (χ4n) is 3.70. The zero-order valence-corrected chi connectivity index (χ0v) is 17.2. The lowest BCUT2D eigenvalue weighted by Crippen LogP contribution is -2.35. The van der Waals surface area contributed by atoms with Gasteiger partial charge in [0, 0.05) is 19.2 Å². The standard InChI is InChI=1S/C21H32N2O3S/c1-15-8-9-17(13-19(27-14-24)20(22)26-2)12-18(15)21(25)23-11-10-16-6-4-3-5-7-16/h8-9,12,14,16,19-20H,3-7,10-11,13,22H2,1-2H3,(H,23,25). The number of nitrogens with one attached hydrogen (secondary N) is 1. The SMILES string of the molecule is COC(N)C(Cc1ccc(C)c(C(=O)NCCC2CCCCC2)c1)SC=O. The number of carbonyl (C=O) groups excluding carboxylic acids is 2. The number of hydrogen-bond acceptors (Lipinski definition) is 5. The molecule has 0 spiro atoms. The molecule has 1 saturated carbocycles. The zero-order chi connectivity index (χ0) is 19.6. The Morgan fingerprint density at radius 1 is 1.37 bits per heavy atom. The van der Waals surface area contributed by atoms with Crippen molar-refractivity contribution in [3.8, 4) is 0 Å². The molecule has 2 unspecified atom stereocenters. The van der Waals surface area contributed by atoms with Crippen molar-refractivity contribution in [2.24, 2.45) is 11.7 Å². The number of carbonyl (C=O) groups is 2.